The van der Waals surface area contributed by atoms with Gasteiger partial charge in [0.05, 0.1) is 5.75 Å². The highest BCUT2D eigenvalue weighted by Crippen LogP contribution is 2.19. The molecule has 0 fully saturated rings. The third-order valence-corrected chi connectivity index (χ3v) is 8.15. The van der Waals surface area contributed by atoms with Gasteiger partial charge in [-0.3, -0.25) is 0 Å². The van der Waals surface area contributed by atoms with Gasteiger partial charge < -0.3 is 0 Å². The quantitative estimate of drug-likeness (QED) is 0.750. The lowest BCUT2D eigenvalue weighted by Crippen LogP contribution is -2.36. The molecule has 0 bridgehead atoms. The summed E-state index contributed by atoms with van der Waals surface area (Å²) in [5.41, 5.74) is 0.848. The van der Waals surface area contributed by atoms with Gasteiger partial charge in [0.15, 0.2) is 0 Å². The van der Waals surface area contributed by atoms with Gasteiger partial charge in [0, 0.05) is 19.6 Å². The molecule has 24 heavy (non-hydrogen) atoms. The number of rotatable bonds is 8. The highest BCUT2D eigenvalue weighted by Gasteiger charge is 2.24. The Kier molecular flexibility index (Phi) is 6.16. The van der Waals surface area contributed by atoms with Crippen LogP contribution in [0.1, 0.15) is 18.5 Å². The summed E-state index contributed by atoms with van der Waals surface area (Å²) < 4.78 is 52.8. The van der Waals surface area contributed by atoms with E-state index in [-0.39, 0.29) is 22.5 Å². The Morgan fingerprint density at radius 3 is 2.33 bits per heavy atom. The maximum absolute atomic E-state index is 12.3. The molecule has 1 aromatic carbocycles. The van der Waals surface area contributed by atoms with Gasteiger partial charge in [0.25, 0.3) is 10.0 Å². The summed E-state index contributed by atoms with van der Waals surface area (Å²) in [5.74, 6) is -0.300. The van der Waals surface area contributed by atoms with Crippen molar-refractivity contribution in [3.8, 4) is 0 Å². The number of sulfonamides is 2. The van der Waals surface area contributed by atoms with E-state index < -0.39 is 20.0 Å². The van der Waals surface area contributed by atoms with E-state index in [0.29, 0.717) is 0 Å². The molecular formula is C15H20N2O4S3. The standard InChI is InChI=1S/C15H20N2O4S3/c1-13(14-7-4-3-5-8-14)16-23(18,19)12-10-17(2)24(20,21)15-9-6-11-22-15/h3-9,11,13,16H,10,12H2,1-2H3. The van der Waals surface area contributed by atoms with Gasteiger partial charge in [-0.2, -0.15) is 4.31 Å². The fourth-order valence-corrected chi connectivity index (χ4v) is 5.87. The second-order valence-electron chi connectivity index (χ2n) is 5.33. The molecule has 1 heterocycles. The van der Waals surface area contributed by atoms with Gasteiger partial charge in [0.1, 0.15) is 4.21 Å². The minimum Gasteiger partial charge on any atom is -0.212 e. The van der Waals surface area contributed by atoms with Crippen LogP contribution in [0, 0.1) is 0 Å². The normalized spacial score (nSPS) is 14.0. The van der Waals surface area contributed by atoms with Gasteiger partial charge in [-0.15, -0.1) is 11.3 Å². The maximum Gasteiger partial charge on any atom is 0.252 e. The van der Waals surface area contributed by atoms with Gasteiger partial charge in [-0.1, -0.05) is 36.4 Å². The highest BCUT2D eigenvalue weighted by molar-refractivity contribution is 7.91. The number of nitrogens with one attached hydrogen (secondary N) is 1. The van der Waals surface area contributed by atoms with Crippen molar-refractivity contribution in [1.82, 2.24) is 9.03 Å². The Bertz CT molecular complexity index is 847. The van der Waals surface area contributed by atoms with Crippen molar-refractivity contribution >= 4 is 31.4 Å². The van der Waals surface area contributed by atoms with E-state index >= 15 is 0 Å². The molecule has 0 saturated carbocycles. The Morgan fingerprint density at radius 1 is 1.08 bits per heavy atom. The van der Waals surface area contributed by atoms with E-state index in [1.165, 1.54) is 13.1 Å². The van der Waals surface area contributed by atoms with E-state index in [9.17, 15) is 16.8 Å². The Labute approximate surface area is 147 Å². The van der Waals surface area contributed by atoms with Crippen LogP contribution in [0.5, 0.6) is 0 Å². The summed E-state index contributed by atoms with van der Waals surface area (Å²) in [6.07, 6.45) is 0. The van der Waals surface area contributed by atoms with Crippen LogP contribution in [0.4, 0.5) is 0 Å². The van der Waals surface area contributed by atoms with Gasteiger partial charge in [-0.05, 0) is 23.9 Å². The van der Waals surface area contributed by atoms with Gasteiger partial charge >= 0.3 is 0 Å². The van der Waals surface area contributed by atoms with Crippen molar-refractivity contribution in [3.63, 3.8) is 0 Å². The lowest BCUT2D eigenvalue weighted by Gasteiger charge is -2.18. The predicted molar refractivity (Wildman–Crippen MR) is 95.9 cm³/mol. The van der Waals surface area contributed by atoms with Crippen molar-refractivity contribution in [2.45, 2.75) is 17.2 Å². The third-order valence-electron chi connectivity index (χ3n) is 3.49. The molecule has 0 spiro atoms. The second kappa shape index (κ2) is 7.75. The number of hydrogen-bond acceptors (Lipinski definition) is 5. The summed E-state index contributed by atoms with van der Waals surface area (Å²) in [5, 5.41) is 1.67. The lowest BCUT2D eigenvalue weighted by molar-refractivity contribution is 0.484. The molecule has 0 amide bonds. The molecule has 1 N–H and O–H groups in total. The summed E-state index contributed by atoms with van der Waals surface area (Å²) in [7, 11) is -5.86. The first-order valence-corrected chi connectivity index (χ1v) is 11.2. The zero-order chi connectivity index (χ0) is 17.8. The molecular weight excluding hydrogens is 368 g/mol. The molecule has 2 rings (SSSR count). The first kappa shape index (κ1) is 19.1. The Hall–Kier alpha value is -1.26. The zero-order valence-corrected chi connectivity index (χ0v) is 15.9. The highest BCUT2D eigenvalue weighted by atomic mass is 32.2. The van der Waals surface area contributed by atoms with E-state index in [4.69, 9.17) is 0 Å². The van der Waals surface area contributed by atoms with Gasteiger partial charge in [0.2, 0.25) is 10.0 Å². The zero-order valence-electron chi connectivity index (χ0n) is 13.4. The molecule has 132 valence electrons. The molecule has 1 unspecified atom stereocenters. The number of nitrogens with zero attached hydrogens (tertiary/aromatic N) is 1. The average Bonchev–Trinajstić information content (AvgIpc) is 3.08. The van der Waals surface area contributed by atoms with E-state index in [0.717, 1.165) is 21.2 Å². The fourth-order valence-electron chi connectivity index (χ4n) is 2.07. The first-order chi connectivity index (χ1) is 11.2. The van der Waals surface area contributed by atoms with Crippen LogP contribution in [0.15, 0.2) is 52.1 Å². The molecule has 0 aliphatic carbocycles. The van der Waals surface area contributed by atoms with Crippen LogP contribution < -0.4 is 4.72 Å². The van der Waals surface area contributed by atoms with Crippen LogP contribution in [0.25, 0.3) is 0 Å². The summed E-state index contributed by atoms with van der Waals surface area (Å²) >= 11 is 1.10. The average molecular weight is 389 g/mol. The number of thiophene rings is 1. The first-order valence-electron chi connectivity index (χ1n) is 7.27. The Morgan fingerprint density at radius 2 is 1.75 bits per heavy atom. The molecule has 0 aliphatic heterocycles. The molecule has 6 nitrogen and oxygen atoms in total. The molecule has 0 aliphatic rings. The summed E-state index contributed by atoms with van der Waals surface area (Å²) in [4.78, 5) is 0. The predicted octanol–water partition coefficient (Wildman–Crippen LogP) is 2.05. The van der Waals surface area contributed by atoms with Crippen molar-refractivity contribution < 1.29 is 16.8 Å². The SMILES string of the molecule is CC(NS(=O)(=O)CCN(C)S(=O)(=O)c1cccs1)c1ccccc1. The molecule has 0 saturated heterocycles. The molecule has 1 atom stereocenters. The number of hydrogen-bond donors (Lipinski definition) is 1. The largest absolute Gasteiger partial charge is 0.252 e. The lowest BCUT2D eigenvalue weighted by atomic mass is 10.1. The molecule has 1 aromatic heterocycles. The van der Waals surface area contributed by atoms with Crippen molar-refractivity contribution in [1.29, 1.82) is 0 Å². The smallest absolute Gasteiger partial charge is 0.212 e. The monoisotopic (exact) mass is 388 g/mol. The van der Waals surface area contributed by atoms with Crippen LogP contribution in [-0.4, -0.2) is 40.5 Å². The summed E-state index contributed by atoms with van der Waals surface area (Å²) in [6.45, 7) is 1.63. The van der Waals surface area contributed by atoms with Crippen molar-refractivity contribution in [2.24, 2.45) is 0 Å². The molecule has 9 heteroatoms. The van der Waals surface area contributed by atoms with Crippen LogP contribution in [0.2, 0.25) is 0 Å². The number of benzene rings is 1. The van der Waals surface area contributed by atoms with E-state index in [2.05, 4.69) is 4.72 Å². The van der Waals surface area contributed by atoms with Crippen molar-refractivity contribution in [2.75, 3.05) is 19.3 Å². The summed E-state index contributed by atoms with van der Waals surface area (Å²) in [6, 6.07) is 12.0. The minimum atomic E-state index is -3.64. The van der Waals surface area contributed by atoms with Crippen LogP contribution >= 0.6 is 11.3 Å². The van der Waals surface area contributed by atoms with Crippen molar-refractivity contribution in [3.05, 3.63) is 53.4 Å². The third kappa shape index (κ3) is 4.87. The fraction of sp³-hybridized carbons (Fsp3) is 0.333. The van der Waals surface area contributed by atoms with Gasteiger partial charge in [-0.25, -0.2) is 21.6 Å². The van der Waals surface area contributed by atoms with Crippen LogP contribution in [-0.2, 0) is 20.0 Å². The van der Waals surface area contributed by atoms with E-state index in [1.54, 1.807) is 18.4 Å². The van der Waals surface area contributed by atoms with E-state index in [1.807, 2.05) is 30.3 Å². The molecule has 2 aromatic rings. The topological polar surface area (TPSA) is 83.6 Å². The molecule has 0 radical (unpaired) electrons. The maximum atomic E-state index is 12.3. The Balaban J connectivity index is 1.97. The minimum absolute atomic E-state index is 0.114. The second-order valence-corrected chi connectivity index (χ2v) is 10.4. The van der Waals surface area contributed by atoms with Crippen LogP contribution in [0.3, 0.4) is 0 Å².